The van der Waals surface area contributed by atoms with Gasteiger partial charge in [-0.2, -0.15) is 0 Å². The van der Waals surface area contributed by atoms with E-state index in [1.165, 1.54) is 0 Å². The molecule has 0 saturated carbocycles. The summed E-state index contributed by atoms with van der Waals surface area (Å²) in [5.41, 5.74) is 0.503. The molecule has 0 fully saturated rings. The first-order valence-electron chi connectivity index (χ1n) is 7.19. The van der Waals surface area contributed by atoms with Crippen molar-refractivity contribution in [3.63, 3.8) is 0 Å². The first kappa shape index (κ1) is 18.4. The van der Waals surface area contributed by atoms with E-state index >= 15 is 0 Å². The lowest BCUT2D eigenvalue weighted by Gasteiger charge is -2.21. The number of allylic oxidation sites excluding steroid dienone is 1. The Labute approximate surface area is 133 Å². The lowest BCUT2D eigenvalue weighted by Crippen LogP contribution is -2.25. The second kappa shape index (κ2) is 7.58. The highest BCUT2D eigenvalue weighted by molar-refractivity contribution is 7.93. The maximum absolute atomic E-state index is 12.0. The van der Waals surface area contributed by atoms with Crippen LogP contribution in [0, 0.1) is 5.92 Å². The van der Waals surface area contributed by atoms with Crippen LogP contribution < -0.4 is 0 Å². The van der Waals surface area contributed by atoms with E-state index in [1.807, 2.05) is 51.1 Å². The zero-order chi connectivity index (χ0) is 16.8. The van der Waals surface area contributed by atoms with Gasteiger partial charge in [0.15, 0.2) is 9.84 Å². The monoisotopic (exact) mass is 324 g/mol. The van der Waals surface area contributed by atoms with Crippen molar-refractivity contribution in [1.29, 1.82) is 0 Å². The van der Waals surface area contributed by atoms with Crippen molar-refractivity contribution in [2.75, 3.05) is 6.26 Å². The van der Waals surface area contributed by atoms with Crippen LogP contribution in [0.2, 0.25) is 0 Å². The van der Waals surface area contributed by atoms with Gasteiger partial charge in [-0.1, -0.05) is 36.4 Å². The largest absolute Gasteiger partial charge is 0.460 e. The molecule has 0 spiro atoms. The molecule has 0 N–H and O–H groups in total. The predicted molar refractivity (Wildman–Crippen MR) is 88.1 cm³/mol. The first-order chi connectivity index (χ1) is 10.1. The van der Waals surface area contributed by atoms with E-state index in [1.54, 1.807) is 6.08 Å². The summed E-state index contributed by atoms with van der Waals surface area (Å²) in [6, 6.07) is 9.66. The molecule has 1 aromatic carbocycles. The molecule has 1 aromatic rings. The summed E-state index contributed by atoms with van der Waals surface area (Å²) in [6.07, 6.45) is 3.45. The van der Waals surface area contributed by atoms with Crippen molar-refractivity contribution in [2.24, 2.45) is 5.92 Å². The number of hydrogen-bond acceptors (Lipinski definition) is 4. The van der Waals surface area contributed by atoms with Gasteiger partial charge in [0.2, 0.25) is 0 Å². The van der Waals surface area contributed by atoms with E-state index in [9.17, 15) is 13.2 Å². The highest BCUT2D eigenvalue weighted by Gasteiger charge is 2.19. The summed E-state index contributed by atoms with van der Waals surface area (Å²) >= 11 is 0. The quantitative estimate of drug-likeness (QED) is 0.754. The van der Waals surface area contributed by atoms with Crippen molar-refractivity contribution < 1.29 is 17.9 Å². The predicted octanol–water partition coefficient (Wildman–Crippen LogP) is 3.14. The lowest BCUT2D eigenvalue weighted by molar-refractivity contribution is -0.155. The minimum absolute atomic E-state index is 0.151. The van der Waals surface area contributed by atoms with Crippen LogP contribution in [-0.2, 0) is 25.8 Å². The Bertz CT molecular complexity index is 610. The molecule has 22 heavy (non-hydrogen) atoms. The Morgan fingerprint density at radius 1 is 1.23 bits per heavy atom. The molecule has 0 amide bonds. The fourth-order valence-corrected chi connectivity index (χ4v) is 2.48. The van der Waals surface area contributed by atoms with E-state index < -0.39 is 15.4 Å². The van der Waals surface area contributed by atoms with Crippen molar-refractivity contribution >= 4 is 15.8 Å². The van der Waals surface area contributed by atoms with Crippen LogP contribution in [0.1, 0.15) is 32.8 Å². The zero-order valence-electron chi connectivity index (χ0n) is 13.6. The number of sulfone groups is 1. The van der Waals surface area contributed by atoms with Crippen LogP contribution in [0.15, 0.2) is 41.8 Å². The van der Waals surface area contributed by atoms with E-state index in [-0.39, 0.29) is 18.3 Å². The second-order valence-electron chi connectivity index (χ2n) is 6.40. The van der Waals surface area contributed by atoms with Crippen molar-refractivity contribution in [2.45, 2.75) is 39.2 Å². The van der Waals surface area contributed by atoms with Gasteiger partial charge in [0.1, 0.15) is 5.60 Å². The number of ether oxygens (including phenoxy) is 1. The van der Waals surface area contributed by atoms with Gasteiger partial charge in [-0.05, 0) is 38.7 Å². The van der Waals surface area contributed by atoms with Gasteiger partial charge in [0.25, 0.3) is 0 Å². The Morgan fingerprint density at radius 3 is 2.32 bits per heavy atom. The summed E-state index contributed by atoms with van der Waals surface area (Å²) in [6.45, 7) is 5.43. The standard InChI is InChI=1S/C17H24O4S/c1-17(2,3)21-16(18)13-15(10-11-22(4,19)20)12-14-8-6-5-7-9-14/h5-11,15H,12-13H2,1-4H3/b11-10+/t15-/m1/s1. The van der Waals surface area contributed by atoms with E-state index in [0.717, 1.165) is 17.2 Å². The molecular formula is C17H24O4S. The average molecular weight is 324 g/mol. The molecule has 122 valence electrons. The van der Waals surface area contributed by atoms with Crippen LogP contribution in [0.5, 0.6) is 0 Å². The normalized spacial score (nSPS) is 14.0. The Hall–Kier alpha value is -1.62. The van der Waals surface area contributed by atoms with Gasteiger partial charge in [-0.15, -0.1) is 0 Å². The molecule has 0 aliphatic rings. The van der Waals surface area contributed by atoms with Crippen LogP contribution >= 0.6 is 0 Å². The molecule has 0 heterocycles. The van der Waals surface area contributed by atoms with E-state index in [4.69, 9.17) is 4.74 Å². The summed E-state index contributed by atoms with van der Waals surface area (Å²) in [5, 5.41) is 1.16. The fraction of sp³-hybridized carbons (Fsp3) is 0.471. The minimum Gasteiger partial charge on any atom is -0.460 e. The number of carbonyl (C=O) groups excluding carboxylic acids is 1. The molecule has 1 atom stereocenters. The van der Waals surface area contributed by atoms with Gasteiger partial charge < -0.3 is 4.74 Å². The fourth-order valence-electron chi connectivity index (χ4n) is 1.98. The highest BCUT2D eigenvalue weighted by atomic mass is 32.2. The Kier molecular flexibility index (Phi) is 6.35. The van der Waals surface area contributed by atoms with E-state index in [0.29, 0.717) is 6.42 Å². The summed E-state index contributed by atoms with van der Waals surface area (Å²) < 4.78 is 27.9. The number of esters is 1. The maximum atomic E-state index is 12.0. The molecule has 0 aliphatic heterocycles. The van der Waals surface area contributed by atoms with Crippen molar-refractivity contribution in [1.82, 2.24) is 0 Å². The van der Waals surface area contributed by atoms with Gasteiger partial charge in [0, 0.05) is 11.7 Å². The minimum atomic E-state index is -3.22. The van der Waals surface area contributed by atoms with Crippen molar-refractivity contribution in [3.05, 3.63) is 47.4 Å². The van der Waals surface area contributed by atoms with Crippen LogP contribution in [-0.4, -0.2) is 26.2 Å². The third kappa shape index (κ3) is 8.62. The molecule has 0 aromatic heterocycles. The van der Waals surface area contributed by atoms with Gasteiger partial charge in [-0.25, -0.2) is 8.42 Å². The van der Waals surface area contributed by atoms with Crippen LogP contribution in [0.4, 0.5) is 0 Å². The average Bonchev–Trinajstić information content (AvgIpc) is 2.34. The third-order valence-corrected chi connectivity index (χ3v) is 3.44. The maximum Gasteiger partial charge on any atom is 0.306 e. The number of rotatable bonds is 6. The molecule has 4 nitrogen and oxygen atoms in total. The van der Waals surface area contributed by atoms with Crippen LogP contribution in [0.25, 0.3) is 0 Å². The third-order valence-electron chi connectivity index (χ3n) is 2.79. The van der Waals surface area contributed by atoms with Crippen molar-refractivity contribution in [3.8, 4) is 0 Å². The lowest BCUT2D eigenvalue weighted by atomic mass is 9.96. The molecule has 0 bridgehead atoms. The Morgan fingerprint density at radius 2 is 1.82 bits per heavy atom. The molecule has 0 radical (unpaired) electrons. The molecular weight excluding hydrogens is 300 g/mol. The number of carbonyl (C=O) groups is 1. The zero-order valence-corrected chi connectivity index (χ0v) is 14.4. The second-order valence-corrected chi connectivity index (χ2v) is 8.33. The van der Waals surface area contributed by atoms with E-state index in [2.05, 4.69) is 0 Å². The summed E-state index contributed by atoms with van der Waals surface area (Å²) in [4.78, 5) is 12.0. The smallest absolute Gasteiger partial charge is 0.306 e. The molecule has 0 aliphatic carbocycles. The summed E-state index contributed by atoms with van der Waals surface area (Å²) in [7, 11) is -3.22. The molecule has 0 saturated heterocycles. The SMILES string of the molecule is CC(C)(C)OC(=O)C[C@H](/C=C/S(C)(=O)=O)Cc1ccccc1. The van der Waals surface area contributed by atoms with Crippen LogP contribution in [0.3, 0.4) is 0 Å². The van der Waals surface area contributed by atoms with Gasteiger partial charge in [-0.3, -0.25) is 4.79 Å². The Balaban J connectivity index is 2.82. The number of benzene rings is 1. The molecule has 1 rings (SSSR count). The summed E-state index contributed by atoms with van der Waals surface area (Å²) in [5.74, 6) is -0.543. The topological polar surface area (TPSA) is 60.4 Å². The van der Waals surface area contributed by atoms with Gasteiger partial charge >= 0.3 is 5.97 Å². The number of hydrogen-bond donors (Lipinski definition) is 0. The molecule has 0 unspecified atom stereocenters. The highest BCUT2D eigenvalue weighted by Crippen LogP contribution is 2.18. The van der Waals surface area contributed by atoms with Gasteiger partial charge in [0.05, 0.1) is 6.42 Å². The molecule has 5 heteroatoms. The first-order valence-corrected chi connectivity index (χ1v) is 9.15.